The molecule has 1 saturated carbocycles. The first kappa shape index (κ1) is 12.6. The molecule has 0 amide bonds. The van der Waals surface area contributed by atoms with Gasteiger partial charge in [0.15, 0.2) is 0 Å². The zero-order valence-electron chi connectivity index (χ0n) is 10.3. The highest BCUT2D eigenvalue weighted by Gasteiger charge is 2.38. The van der Waals surface area contributed by atoms with Crippen LogP contribution in [-0.4, -0.2) is 34.0 Å². The van der Waals surface area contributed by atoms with Crippen molar-refractivity contribution in [2.75, 3.05) is 18.2 Å². The summed E-state index contributed by atoms with van der Waals surface area (Å²) in [5.41, 5.74) is -0.0307. The quantitative estimate of drug-likeness (QED) is 0.805. The van der Waals surface area contributed by atoms with Crippen molar-refractivity contribution in [3.8, 4) is 0 Å². The third-order valence-electron chi connectivity index (χ3n) is 3.59. The minimum atomic E-state index is -0.0307. The third kappa shape index (κ3) is 2.72. The lowest BCUT2D eigenvalue weighted by atomic mass is 9.86. The fourth-order valence-corrected chi connectivity index (χ4v) is 2.72. The zero-order valence-corrected chi connectivity index (χ0v) is 11.1. The highest BCUT2D eigenvalue weighted by atomic mass is 32.2. The van der Waals surface area contributed by atoms with Crippen LogP contribution in [0, 0.1) is 5.41 Å². The van der Waals surface area contributed by atoms with Crippen LogP contribution in [0.2, 0.25) is 0 Å². The molecule has 0 saturated heterocycles. The molecule has 0 aromatic carbocycles. The Bertz CT molecular complexity index is 388. The second kappa shape index (κ2) is 5.23. The van der Waals surface area contributed by atoms with Crippen LogP contribution in [0.3, 0.4) is 0 Å². The highest BCUT2D eigenvalue weighted by Crippen LogP contribution is 2.38. The van der Waals surface area contributed by atoms with E-state index in [2.05, 4.69) is 22.2 Å². The normalized spacial score (nSPS) is 28.3. The summed E-state index contributed by atoms with van der Waals surface area (Å²) in [6, 6.07) is 0.291. The second-order valence-electron chi connectivity index (χ2n) is 4.85. The Hall–Kier alpha value is -0.810. The Labute approximate surface area is 106 Å². The van der Waals surface area contributed by atoms with E-state index >= 15 is 0 Å². The average molecular weight is 253 g/mol. The van der Waals surface area contributed by atoms with E-state index in [1.165, 1.54) is 0 Å². The van der Waals surface area contributed by atoms with Gasteiger partial charge in [-0.1, -0.05) is 13.3 Å². The molecule has 1 aromatic heterocycles. The van der Waals surface area contributed by atoms with Crippen molar-refractivity contribution in [3.05, 3.63) is 12.4 Å². The van der Waals surface area contributed by atoms with Gasteiger partial charge in [-0.15, -0.1) is 11.8 Å². The maximum atomic E-state index is 9.49. The number of aromatic nitrogens is 2. The van der Waals surface area contributed by atoms with Gasteiger partial charge in [0, 0.05) is 11.5 Å². The molecule has 0 aliphatic heterocycles. The highest BCUT2D eigenvalue weighted by molar-refractivity contribution is 7.98. The molecule has 2 atom stereocenters. The lowest BCUT2D eigenvalue weighted by Gasteiger charge is -2.30. The first-order chi connectivity index (χ1) is 8.18. The van der Waals surface area contributed by atoms with Crippen molar-refractivity contribution in [1.82, 2.24) is 9.97 Å². The van der Waals surface area contributed by atoms with Gasteiger partial charge in [-0.25, -0.2) is 4.98 Å². The number of hydrogen-bond acceptors (Lipinski definition) is 5. The third-order valence-corrected chi connectivity index (χ3v) is 4.20. The number of nitrogens with zero attached hydrogens (tertiary/aromatic N) is 2. The van der Waals surface area contributed by atoms with E-state index in [1.54, 1.807) is 24.2 Å². The zero-order chi connectivity index (χ0) is 12.3. The molecule has 2 N–H and O–H groups in total. The molecule has 1 fully saturated rings. The van der Waals surface area contributed by atoms with E-state index in [1.807, 2.05) is 6.26 Å². The molecule has 0 radical (unpaired) electrons. The van der Waals surface area contributed by atoms with Gasteiger partial charge in [-0.3, -0.25) is 4.98 Å². The number of nitrogens with one attached hydrogen (secondary N) is 1. The molecule has 0 unspecified atom stereocenters. The number of anilines is 1. The molecule has 0 bridgehead atoms. The largest absolute Gasteiger partial charge is 0.396 e. The van der Waals surface area contributed by atoms with Gasteiger partial charge in [0.25, 0.3) is 0 Å². The summed E-state index contributed by atoms with van der Waals surface area (Å²) in [4.78, 5) is 8.63. The van der Waals surface area contributed by atoms with Crippen molar-refractivity contribution in [1.29, 1.82) is 0 Å². The van der Waals surface area contributed by atoms with Gasteiger partial charge in [0.2, 0.25) is 0 Å². The standard InChI is InChI=1S/C12H19N3OS/c1-12(8-16)5-3-4-9(12)14-10-6-13-7-11(15-10)17-2/h6-7,9,16H,3-5,8H2,1-2H3,(H,14,15)/t9-,12+/m0/s1. The number of aliphatic hydroxyl groups excluding tert-OH is 1. The average Bonchev–Trinajstić information content (AvgIpc) is 2.72. The van der Waals surface area contributed by atoms with Crippen LogP contribution in [0.1, 0.15) is 26.2 Å². The number of aliphatic hydroxyl groups is 1. The molecule has 4 nitrogen and oxygen atoms in total. The van der Waals surface area contributed by atoms with Gasteiger partial charge in [-0.2, -0.15) is 0 Å². The number of thioether (sulfide) groups is 1. The van der Waals surface area contributed by atoms with Crippen LogP contribution in [0.4, 0.5) is 5.82 Å². The van der Waals surface area contributed by atoms with Gasteiger partial charge in [-0.05, 0) is 19.1 Å². The van der Waals surface area contributed by atoms with E-state index in [-0.39, 0.29) is 12.0 Å². The Kier molecular flexibility index (Phi) is 3.89. The van der Waals surface area contributed by atoms with Gasteiger partial charge < -0.3 is 10.4 Å². The molecule has 1 aliphatic carbocycles. The number of rotatable bonds is 4. The fraction of sp³-hybridized carbons (Fsp3) is 0.667. The first-order valence-electron chi connectivity index (χ1n) is 5.91. The van der Waals surface area contributed by atoms with E-state index in [0.717, 1.165) is 30.1 Å². The summed E-state index contributed by atoms with van der Waals surface area (Å²) in [5, 5.41) is 13.8. The van der Waals surface area contributed by atoms with Crippen molar-refractivity contribution >= 4 is 17.6 Å². The van der Waals surface area contributed by atoms with Gasteiger partial charge in [0.05, 0.1) is 19.0 Å². The maximum Gasteiger partial charge on any atom is 0.146 e. The lowest BCUT2D eigenvalue weighted by Crippen LogP contribution is -2.36. The van der Waals surface area contributed by atoms with Crippen LogP contribution in [0.5, 0.6) is 0 Å². The Morgan fingerprint density at radius 2 is 2.41 bits per heavy atom. The Balaban J connectivity index is 2.09. The van der Waals surface area contributed by atoms with Gasteiger partial charge >= 0.3 is 0 Å². The Morgan fingerprint density at radius 3 is 3.12 bits per heavy atom. The fourth-order valence-electron chi connectivity index (χ4n) is 2.36. The van der Waals surface area contributed by atoms with Crippen LogP contribution >= 0.6 is 11.8 Å². The second-order valence-corrected chi connectivity index (χ2v) is 5.67. The van der Waals surface area contributed by atoms with Crippen LogP contribution in [0.25, 0.3) is 0 Å². The van der Waals surface area contributed by atoms with E-state index < -0.39 is 0 Å². The first-order valence-corrected chi connectivity index (χ1v) is 7.14. The molecule has 1 aliphatic rings. The van der Waals surface area contributed by atoms with Crippen LogP contribution in [-0.2, 0) is 0 Å². The summed E-state index contributed by atoms with van der Waals surface area (Å²) in [7, 11) is 0. The monoisotopic (exact) mass is 253 g/mol. The number of hydrogen-bond donors (Lipinski definition) is 2. The topological polar surface area (TPSA) is 58.0 Å². The van der Waals surface area contributed by atoms with Gasteiger partial charge in [0.1, 0.15) is 10.8 Å². The summed E-state index contributed by atoms with van der Waals surface area (Å²) < 4.78 is 0. The molecule has 1 aromatic rings. The molecule has 17 heavy (non-hydrogen) atoms. The Morgan fingerprint density at radius 1 is 1.59 bits per heavy atom. The summed E-state index contributed by atoms with van der Waals surface area (Å²) in [5.74, 6) is 0.809. The minimum absolute atomic E-state index is 0.0307. The van der Waals surface area contributed by atoms with Crippen molar-refractivity contribution in [3.63, 3.8) is 0 Å². The predicted octanol–water partition coefficient (Wildman–Crippen LogP) is 2.16. The molecule has 1 heterocycles. The predicted molar refractivity (Wildman–Crippen MR) is 70.3 cm³/mol. The van der Waals surface area contributed by atoms with Crippen molar-refractivity contribution < 1.29 is 5.11 Å². The van der Waals surface area contributed by atoms with Crippen LogP contribution in [0.15, 0.2) is 17.4 Å². The van der Waals surface area contributed by atoms with E-state index in [4.69, 9.17) is 0 Å². The minimum Gasteiger partial charge on any atom is -0.396 e. The van der Waals surface area contributed by atoms with Crippen molar-refractivity contribution in [2.24, 2.45) is 5.41 Å². The maximum absolute atomic E-state index is 9.49. The summed E-state index contributed by atoms with van der Waals surface area (Å²) in [6.45, 7) is 2.35. The molecule has 0 spiro atoms. The van der Waals surface area contributed by atoms with Crippen molar-refractivity contribution in [2.45, 2.75) is 37.3 Å². The van der Waals surface area contributed by atoms with E-state index in [9.17, 15) is 5.11 Å². The molecular weight excluding hydrogens is 234 g/mol. The lowest BCUT2D eigenvalue weighted by molar-refractivity contribution is 0.139. The van der Waals surface area contributed by atoms with E-state index in [0.29, 0.717) is 6.04 Å². The SMILES string of the molecule is CSc1cncc(N[C@H]2CCC[C@]2(C)CO)n1. The van der Waals surface area contributed by atoms with Crippen LogP contribution < -0.4 is 5.32 Å². The molecule has 5 heteroatoms. The molecular formula is C12H19N3OS. The molecule has 2 rings (SSSR count). The smallest absolute Gasteiger partial charge is 0.146 e. The summed E-state index contributed by atoms with van der Waals surface area (Å²) >= 11 is 1.58. The molecule has 94 valence electrons. The summed E-state index contributed by atoms with van der Waals surface area (Å²) in [6.07, 6.45) is 8.80.